The monoisotopic (exact) mass is 397 g/mol. The molecule has 29 heavy (non-hydrogen) atoms. The number of rotatable bonds is 9. The van der Waals surface area contributed by atoms with Gasteiger partial charge in [-0.15, -0.1) is 0 Å². The Morgan fingerprint density at radius 3 is 2.72 bits per heavy atom. The molecule has 1 aromatic heterocycles. The Morgan fingerprint density at radius 2 is 1.97 bits per heavy atom. The summed E-state index contributed by atoms with van der Waals surface area (Å²) in [6.45, 7) is 3.30. The van der Waals surface area contributed by atoms with E-state index >= 15 is 0 Å². The van der Waals surface area contributed by atoms with Gasteiger partial charge in [-0.25, -0.2) is 4.98 Å². The molecule has 0 atom stereocenters. The summed E-state index contributed by atoms with van der Waals surface area (Å²) < 4.78 is 10.4. The van der Waals surface area contributed by atoms with Crippen LogP contribution in [0.2, 0.25) is 0 Å². The number of imide groups is 1. The number of hydrogen-bond donors (Lipinski definition) is 1. The molecule has 8 nitrogen and oxygen atoms in total. The van der Waals surface area contributed by atoms with Crippen molar-refractivity contribution in [3.05, 3.63) is 58.8 Å². The van der Waals surface area contributed by atoms with E-state index in [2.05, 4.69) is 10.3 Å². The first-order chi connectivity index (χ1) is 14.1. The maximum Gasteiger partial charge on any atom is 0.261 e. The molecule has 1 aromatic carbocycles. The number of nitrogens with one attached hydrogen (secondary N) is 1. The van der Waals surface area contributed by atoms with Crippen molar-refractivity contribution >= 4 is 17.7 Å². The molecule has 2 aromatic rings. The molecular weight excluding hydrogens is 374 g/mol. The van der Waals surface area contributed by atoms with Gasteiger partial charge < -0.3 is 14.8 Å². The fraction of sp³-hybridized carbons (Fsp3) is 0.333. The lowest BCUT2D eigenvalue weighted by Crippen LogP contribution is -2.31. The van der Waals surface area contributed by atoms with Gasteiger partial charge in [-0.1, -0.05) is 6.07 Å². The third-order valence-electron chi connectivity index (χ3n) is 4.53. The summed E-state index contributed by atoms with van der Waals surface area (Å²) in [6.07, 6.45) is 2.18. The van der Waals surface area contributed by atoms with Crippen LogP contribution in [0, 0.1) is 0 Å². The molecule has 0 spiro atoms. The number of carbonyl (C=O) groups excluding carboxylic acids is 3. The summed E-state index contributed by atoms with van der Waals surface area (Å²) in [5.74, 6) is -0.611. The average molecular weight is 397 g/mol. The number of amides is 3. The number of hydrogen-bond acceptors (Lipinski definition) is 6. The van der Waals surface area contributed by atoms with E-state index < -0.39 is 0 Å². The second-order valence-corrected chi connectivity index (χ2v) is 6.45. The summed E-state index contributed by atoms with van der Waals surface area (Å²) in [4.78, 5) is 42.9. The zero-order valence-corrected chi connectivity index (χ0v) is 16.4. The first-order valence-corrected chi connectivity index (χ1v) is 9.40. The maximum absolute atomic E-state index is 12.6. The molecule has 2 heterocycles. The third kappa shape index (κ3) is 4.43. The van der Waals surface area contributed by atoms with Gasteiger partial charge in [-0.05, 0) is 37.6 Å². The Bertz CT molecular complexity index is 928. The lowest BCUT2D eigenvalue weighted by molar-refractivity contribution is 0.0638. The van der Waals surface area contributed by atoms with Crippen LogP contribution in [0.5, 0.6) is 5.88 Å². The number of benzene rings is 1. The second-order valence-electron chi connectivity index (χ2n) is 6.45. The molecule has 8 heteroatoms. The van der Waals surface area contributed by atoms with Crippen LogP contribution < -0.4 is 10.1 Å². The van der Waals surface area contributed by atoms with E-state index in [0.717, 1.165) is 5.56 Å². The first kappa shape index (κ1) is 20.5. The van der Waals surface area contributed by atoms with Gasteiger partial charge in [0.2, 0.25) is 5.88 Å². The number of nitrogens with zero attached hydrogens (tertiary/aromatic N) is 2. The Balaban J connectivity index is 1.70. The molecule has 3 rings (SSSR count). The predicted octanol–water partition coefficient (Wildman–Crippen LogP) is 2.04. The summed E-state index contributed by atoms with van der Waals surface area (Å²) in [7, 11) is 1.57. The Morgan fingerprint density at radius 1 is 1.17 bits per heavy atom. The molecule has 3 amide bonds. The van der Waals surface area contributed by atoms with Crippen LogP contribution in [0.4, 0.5) is 0 Å². The highest BCUT2D eigenvalue weighted by Crippen LogP contribution is 2.24. The Labute approximate surface area is 168 Å². The van der Waals surface area contributed by atoms with Crippen LogP contribution in [0.1, 0.15) is 50.0 Å². The van der Waals surface area contributed by atoms with E-state index in [-0.39, 0.29) is 36.4 Å². The maximum atomic E-state index is 12.6. The van der Waals surface area contributed by atoms with Gasteiger partial charge in [-0.3, -0.25) is 19.3 Å². The molecule has 0 saturated carbocycles. The van der Waals surface area contributed by atoms with E-state index in [9.17, 15) is 14.4 Å². The SMILES string of the molecule is CCOc1ncccc1CNC(=O)c1ccc2c(c1)C(=O)N(CCCOC)C2=O. The first-order valence-electron chi connectivity index (χ1n) is 9.40. The van der Waals surface area contributed by atoms with E-state index in [1.165, 1.54) is 17.0 Å². The summed E-state index contributed by atoms with van der Waals surface area (Å²) >= 11 is 0. The highest BCUT2D eigenvalue weighted by Gasteiger charge is 2.35. The molecule has 152 valence electrons. The van der Waals surface area contributed by atoms with Crippen molar-refractivity contribution in [3.63, 3.8) is 0 Å². The van der Waals surface area contributed by atoms with Crippen LogP contribution >= 0.6 is 0 Å². The Kier molecular flexibility index (Phi) is 6.56. The lowest BCUT2D eigenvalue weighted by atomic mass is 10.1. The van der Waals surface area contributed by atoms with Crippen LogP contribution in [0.3, 0.4) is 0 Å². The number of methoxy groups -OCH3 is 1. The molecule has 1 N–H and O–H groups in total. The number of carbonyl (C=O) groups is 3. The molecule has 0 unspecified atom stereocenters. The van der Waals surface area contributed by atoms with Gasteiger partial charge in [0.1, 0.15) is 0 Å². The fourth-order valence-corrected chi connectivity index (χ4v) is 3.10. The second kappa shape index (κ2) is 9.29. The van der Waals surface area contributed by atoms with Gasteiger partial charge in [-0.2, -0.15) is 0 Å². The minimum absolute atomic E-state index is 0.231. The van der Waals surface area contributed by atoms with Crippen LogP contribution in [0.15, 0.2) is 36.5 Å². The number of aromatic nitrogens is 1. The zero-order valence-electron chi connectivity index (χ0n) is 16.4. The molecule has 0 saturated heterocycles. The van der Waals surface area contributed by atoms with Crippen molar-refractivity contribution < 1.29 is 23.9 Å². The molecule has 0 fully saturated rings. The molecule has 1 aliphatic heterocycles. The number of pyridine rings is 1. The highest BCUT2D eigenvalue weighted by molar-refractivity contribution is 6.22. The molecule has 0 bridgehead atoms. The molecule has 1 aliphatic rings. The third-order valence-corrected chi connectivity index (χ3v) is 4.53. The van der Waals surface area contributed by atoms with E-state index in [1.54, 1.807) is 25.4 Å². The minimum Gasteiger partial charge on any atom is -0.478 e. The van der Waals surface area contributed by atoms with Gasteiger partial charge in [0.15, 0.2) is 0 Å². The van der Waals surface area contributed by atoms with E-state index in [4.69, 9.17) is 9.47 Å². The highest BCUT2D eigenvalue weighted by atomic mass is 16.5. The minimum atomic E-state index is -0.387. The quantitative estimate of drug-likeness (QED) is 0.514. The molecular formula is C21H23N3O5. The van der Waals surface area contributed by atoms with Gasteiger partial charge in [0.05, 0.1) is 17.7 Å². The summed E-state index contributed by atoms with van der Waals surface area (Å²) in [5.41, 5.74) is 1.62. The van der Waals surface area contributed by atoms with Crippen molar-refractivity contribution in [1.29, 1.82) is 0 Å². The molecule has 0 radical (unpaired) electrons. The van der Waals surface area contributed by atoms with Crippen molar-refractivity contribution in [3.8, 4) is 5.88 Å². The average Bonchev–Trinajstić information content (AvgIpc) is 2.97. The van der Waals surface area contributed by atoms with Crippen LogP contribution in [-0.2, 0) is 11.3 Å². The van der Waals surface area contributed by atoms with Crippen LogP contribution in [0.25, 0.3) is 0 Å². The molecule has 0 aliphatic carbocycles. The largest absolute Gasteiger partial charge is 0.478 e. The topological polar surface area (TPSA) is 97.8 Å². The van der Waals surface area contributed by atoms with E-state index in [1.807, 2.05) is 13.0 Å². The van der Waals surface area contributed by atoms with Gasteiger partial charge in [0.25, 0.3) is 17.7 Å². The fourth-order valence-electron chi connectivity index (χ4n) is 3.10. The van der Waals surface area contributed by atoms with Crippen molar-refractivity contribution in [1.82, 2.24) is 15.2 Å². The number of fused-ring (bicyclic) bond motifs is 1. The van der Waals surface area contributed by atoms with Crippen molar-refractivity contribution in [2.24, 2.45) is 0 Å². The van der Waals surface area contributed by atoms with Gasteiger partial charge >= 0.3 is 0 Å². The zero-order chi connectivity index (χ0) is 20.8. The predicted molar refractivity (Wildman–Crippen MR) is 105 cm³/mol. The standard InChI is InChI=1S/C21H23N3O5/c1-3-29-19-15(6-4-9-22-19)13-23-18(25)14-7-8-16-17(12-14)21(27)24(20(16)26)10-5-11-28-2/h4,6-9,12H,3,5,10-11,13H2,1-2H3,(H,23,25). The van der Waals surface area contributed by atoms with Crippen molar-refractivity contribution in [2.45, 2.75) is 19.9 Å². The summed E-state index contributed by atoms with van der Waals surface area (Å²) in [6, 6.07) is 8.12. The number of ether oxygens (including phenoxy) is 2. The van der Waals surface area contributed by atoms with Crippen molar-refractivity contribution in [2.75, 3.05) is 26.9 Å². The Hall–Kier alpha value is -3.26. The lowest BCUT2D eigenvalue weighted by Gasteiger charge is -2.12. The van der Waals surface area contributed by atoms with Gasteiger partial charge in [0, 0.05) is 44.1 Å². The normalized spacial score (nSPS) is 12.8. The van der Waals surface area contributed by atoms with E-state index in [0.29, 0.717) is 36.6 Å². The van der Waals surface area contributed by atoms with Crippen LogP contribution in [-0.4, -0.2) is 54.5 Å². The smallest absolute Gasteiger partial charge is 0.261 e. The summed E-state index contributed by atoms with van der Waals surface area (Å²) in [5, 5.41) is 2.80.